The molecule has 2 aromatic heterocycles. The van der Waals surface area contributed by atoms with Gasteiger partial charge in [-0.25, -0.2) is 0 Å². The minimum absolute atomic E-state index is 0.910. The first-order chi connectivity index (χ1) is 28.3. The van der Waals surface area contributed by atoms with Crippen LogP contribution < -0.4 is 4.90 Å². The van der Waals surface area contributed by atoms with Gasteiger partial charge in [-0.2, -0.15) is 0 Å². The Morgan fingerprint density at radius 1 is 0.333 bits per heavy atom. The Balaban J connectivity index is 0.894. The van der Waals surface area contributed by atoms with Crippen LogP contribution in [0.3, 0.4) is 0 Å². The zero-order valence-corrected chi connectivity index (χ0v) is 31.1. The van der Waals surface area contributed by atoms with Gasteiger partial charge in [0.1, 0.15) is 11.2 Å². The molecule has 9 aromatic carbocycles. The number of aromatic nitrogens is 1. The summed E-state index contributed by atoms with van der Waals surface area (Å²) in [6, 6.07) is 78.0. The van der Waals surface area contributed by atoms with E-state index in [1.165, 1.54) is 49.7 Å². The van der Waals surface area contributed by atoms with Gasteiger partial charge in [0.05, 0.1) is 11.0 Å². The van der Waals surface area contributed by atoms with Gasteiger partial charge < -0.3 is 13.9 Å². The fourth-order valence-corrected chi connectivity index (χ4v) is 8.45. The molecule has 3 heteroatoms. The molecule has 0 fully saturated rings. The largest absolute Gasteiger partial charge is 0.455 e. The van der Waals surface area contributed by atoms with E-state index in [2.05, 4.69) is 216 Å². The van der Waals surface area contributed by atoms with Crippen molar-refractivity contribution in [2.24, 2.45) is 0 Å². The van der Waals surface area contributed by atoms with Crippen molar-refractivity contribution < 1.29 is 4.42 Å². The number of nitrogens with zero attached hydrogens (tertiary/aromatic N) is 2. The summed E-state index contributed by atoms with van der Waals surface area (Å²) in [7, 11) is 0. The van der Waals surface area contributed by atoms with Crippen molar-refractivity contribution in [3.8, 4) is 39.1 Å². The van der Waals surface area contributed by atoms with Gasteiger partial charge in [0, 0.05) is 49.9 Å². The second-order valence-corrected chi connectivity index (χ2v) is 14.5. The lowest BCUT2D eigenvalue weighted by atomic mass is 9.98. The normalized spacial score (nSPS) is 11.5. The Hall–Kier alpha value is -7.62. The molecule has 0 aliphatic heterocycles. The van der Waals surface area contributed by atoms with Gasteiger partial charge in [0.25, 0.3) is 0 Å². The van der Waals surface area contributed by atoms with Crippen molar-refractivity contribution in [3.05, 3.63) is 218 Å². The molecule has 0 atom stereocenters. The number of hydrogen-bond acceptors (Lipinski definition) is 2. The molecule has 3 nitrogen and oxygen atoms in total. The maximum absolute atomic E-state index is 6.36. The molecule has 0 saturated heterocycles. The highest BCUT2D eigenvalue weighted by Gasteiger charge is 2.16. The lowest BCUT2D eigenvalue weighted by Crippen LogP contribution is -2.09. The molecule has 0 bridgehead atoms. The van der Waals surface area contributed by atoms with Gasteiger partial charge in [-0.1, -0.05) is 146 Å². The topological polar surface area (TPSA) is 21.3 Å². The predicted octanol–water partition coefficient (Wildman–Crippen LogP) is 15.2. The van der Waals surface area contributed by atoms with Crippen molar-refractivity contribution in [2.45, 2.75) is 0 Å². The minimum Gasteiger partial charge on any atom is -0.455 e. The highest BCUT2D eigenvalue weighted by atomic mass is 16.3. The van der Waals surface area contributed by atoms with Crippen LogP contribution in [0.2, 0.25) is 0 Å². The third kappa shape index (κ3) is 5.68. The van der Waals surface area contributed by atoms with E-state index in [1.807, 2.05) is 12.1 Å². The molecule has 0 radical (unpaired) electrons. The van der Waals surface area contributed by atoms with Crippen LogP contribution in [0, 0.1) is 0 Å². The molecule has 268 valence electrons. The van der Waals surface area contributed by atoms with E-state index >= 15 is 0 Å². The van der Waals surface area contributed by atoms with Gasteiger partial charge in [0.15, 0.2) is 0 Å². The number of furan rings is 1. The second-order valence-electron chi connectivity index (χ2n) is 14.5. The first-order valence-electron chi connectivity index (χ1n) is 19.4. The fraction of sp³-hybridized carbons (Fsp3) is 0. The van der Waals surface area contributed by atoms with E-state index in [1.54, 1.807) is 0 Å². The lowest BCUT2D eigenvalue weighted by Gasteiger charge is -2.26. The molecule has 11 aromatic rings. The standard InChI is InChI=1S/C54H36N2O/c1-3-12-42(13-4-1)55(45-33-28-40(29-34-45)46-18-11-19-49-48-17-8-10-21-53(48)57-54(46)49)44-31-26-38(27-32-44)37-22-24-39(25-23-37)41-30-35-52-50(36-41)47-16-7-9-20-51(47)56(52)43-14-5-2-6-15-43/h1-36H. The van der Waals surface area contributed by atoms with Crippen molar-refractivity contribution in [3.63, 3.8) is 0 Å². The molecule has 0 amide bonds. The van der Waals surface area contributed by atoms with E-state index in [9.17, 15) is 0 Å². The molecule has 0 aliphatic rings. The van der Waals surface area contributed by atoms with Crippen LogP contribution in [-0.2, 0) is 0 Å². The van der Waals surface area contributed by atoms with E-state index in [0.717, 1.165) is 50.1 Å². The van der Waals surface area contributed by atoms with E-state index in [0.29, 0.717) is 0 Å². The summed E-state index contributed by atoms with van der Waals surface area (Å²) >= 11 is 0. The van der Waals surface area contributed by atoms with Crippen LogP contribution in [-0.4, -0.2) is 4.57 Å². The number of anilines is 3. The molecule has 57 heavy (non-hydrogen) atoms. The van der Waals surface area contributed by atoms with Gasteiger partial charge in [0.2, 0.25) is 0 Å². The molecule has 0 unspecified atom stereocenters. The highest BCUT2D eigenvalue weighted by molar-refractivity contribution is 6.11. The summed E-state index contributed by atoms with van der Waals surface area (Å²) in [5.41, 5.74) is 15.7. The molecule has 0 saturated carbocycles. The predicted molar refractivity (Wildman–Crippen MR) is 239 cm³/mol. The molecular weight excluding hydrogens is 693 g/mol. The van der Waals surface area contributed by atoms with E-state index in [4.69, 9.17) is 4.42 Å². The van der Waals surface area contributed by atoms with Crippen LogP contribution in [0.1, 0.15) is 0 Å². The second kappa shape index (κ2) is 13.6. The monoisotopic (exact) mass is 728 g/mol. The van der Waals surface area contributed by atoms with Crippen LogP contribution in [0.25, 0.3) is 82.8 Å². The van der Waals surface area contributed by atoms with Crippen LogP contribution in [0.5, 0.6) is 0 Å². The highest BCUT2D eigenvalue weighted by Crippen LogP contribution is 2.40. The molecular formula is C54H36N2O. The smallest absolute Gasteiger partial charge is 0.143 e. The van der Waals surface area contributed by atoms with Gasteiger partial charge in [-0.3, -0.25) is 0 Å². The van der Waals surface area contributed by atoms with Crippen molar-refractivity contribution in [2.75, 3.05) is 4.90 Å². The lowest BCUT2D eigenvalue weighted by molar-refractivity contribution is 0.670. The van der Waals surface area contributed by atoms with Crippen molar-refractivity contribution >= 4 is 60.8 Å². The summed E-state index contributed by atoms with van der Waals surface area (Å²) in [5, 5.41) is 4.79. The average molecular weight is 729 g/mol. The number of fused-ring (bicyclic) bond motifs is 6. The summed E-state index contributed by atoms with van der Waals surface area (Å²) in [6.45, 7) is 0. The molecule has 0 aliphatic carbocycles. The summed E-state index contributed by atoms with van der Waals surface area (Å²) in [5.74, 6) is 0. The zero-order chi connectivity index (χ0) is 37.7. The van der Waals surface area contributed by atoms with Crippen molar-refractivity contribution in [1.29, 1.82) is 0 Å². The number of para-hydroxylation sites is 5. The average Bonchev–Trinajstić information content (AvgIpc) is 3.84. The number of benzene rings is 9. The number of hydrogen-bond donors (Lipinski definition) is 0. The first kappa shape index (κ1) is 32.8. The first-order valence-corrected chi connectivity index (χ1v) is 19.4. The third-order valence-corrected chi connectivity index (χ3v) is 11.2. The van der Waals surface area contributed by atoms with Gasteiger partial charge in [-0.15, -0.1) is 0 Å². The molecule has 11 rings (SSSR count). The summed E-state index contributed by atoms with van der Waals surface area (Å²) in [4.78, 5) is 2.31. The maximum atomic E-state index is 6.36. The van der Waals surface area contributed by atoms with Crippen LogP contribution in [0.4, 0.5) is 17.1 Å². The molecule has 2 heterocycles. The third-order valence-electron chi connectivity index (χ3n) is 11.2. The maximum Gasteiger partial charge on any atom is 0.143 e. The van der Waals surface area contributed by atoms with E-state index in [-0.39, 0.29) is 0 Å². The van der Waals surface area contributed by atoms with E-state index < -0.39 is 0 Å². The fourth-order valence-electron chi connectivity index (χ4n) is 8.45. The number of rotatable bonds is 7. The Labute approximate surface area is 330 Å². The van der Waals surface area contributed by atoms with Crippen LogP contribution >= 0.6 is 0 Å². The molecule has 0 spiro atoms. The summed E-state index contributed by atoms with van der Waals surface area (Å²) < 4.78 is 8.72. The van der Waals surface area contributed by atoms with Crippen LogP contribution in [0.15, 0.2) is 223 Å². The Morgan fingerprint density at radius 2 is 0.842 bits per heavy atom. The zero-order valence-electron chi connectivity index (χ0n) is 31.1. The quantitative estimate of drug-likeness (QED) is 0.163. The Bertz CT molecular complexity index is 3200. The van der Waals surface area contributed by atoms with Gasteiger partial charge >= 0.3 is 0 Å². The minimum atomic E-state index is 0.910. The van der Waals surface area contributed by atoms with Crippen molar-refractivity contribution in [1.82, 2.24) is 4.57 Å². The Morgan fingerprint density at radius 3 is 1.56 bits per heavy atom. The Kier molecular flexibility index (Phi) is 7.82. The summed E-state index contributed by atoms with van der Waals surface area (Å²) in [6.07, 6.45) is 0. The molecule has 0 N–H and O–H groups in total. The SMILES string of the molecule is c1ccc(N(c2ccc(-c3ccc(-c4ccc5c(c4)c4ccccc4n5-c4ccccc4)cc3)cc2)c2ccc(-c3cccc4c3oc3ccccc34)cc2)cc1. The van der Waals surface area contributed by atoms with Gasteiger partial charge in [-0.05, 0) is 101 Å².